The molecule has 0 bridgehead atoms. The summed E-state index contributed by atoms with van der Waals surface area (Å²) in [5.41, 5.74) is 0.803. The van der Waals surface area contributed by atoms with E-state index < -0.39 is 0 Å². The molecule has 0 spiro atoms. The van der Waals surface area contributed by atoms with Crippen LogP contribution in [0.2, 0.25) is 0 Å². The summed E-state index contributed by atoms with van der Waals surface area (Å²) in [5, 5.41) is 8.25. The molecule has 3 heterocycles. The average Bonchev–Trinajstić information content (AvgIpc) is 3.26. The first-order chi connectivity index (χ1) is 12.1. The maximum absolute atomic E-state index is 5.87. The summed E-state index contributed by atoms with van der Waals surface area (Å²) in [6, 6.07) is -0.622. The molecule has 10 heteroatoms. The van der Waals surface area contributed by atoms with Crippen LogP contribution in [0.5, 0.6) is 0 Å². The number of rotatable bonds is 8. The Labute approximate surface area is 150 Å². The van der Waals surface area contributed by atoms with Gasteiger partial charge in [-0.1, -0.05) is 5.21 Å². The lowest BCUT2D eigenvalue weighted by atomic mass is 9.95. The Morgan fingerprint density at radius 1 is 1.16 bits per heavy atom. The molecule has 2 aliphatic heterocycles. The van der Waals surface area contributed by atoms with Gasteiger partial charge in [0, 0.05) is 32.6 Å². The highest BCUT2D eigenvalue weighted by Gasteiger charge is 2.34. The van der Waals surface area contributed by atoms with Gasteiger partial charge in [0.15, 0.2) is 0 Å². The van der Waals surface area contributed by atoms with Crippen molar-refractivity contribution in [2.45, 2.75) is 62.4 Å². The molecule has 3 rings (SSSR count). The molecule has 25 heavy (non-hydrogen) atoms. The van der Waals surface area contributed by atoms with Crippen LogP contribution < -0.4 is 0 Å². The highest BCUT2D eigenvalue weighted by molar-refractivity contribution is 6.11. The summed E-state index contributed by atoms with van der Waals surface area (Å²) in [6.07, 6.45) is 3.30. The lowest BCUT2D eigenvalue weighted by Crippen LogP contribution is -2.29. The van der Waals surface area contributed by atoms with Gasteiger partial charge in [0.05, 0.1) is 36.8 Å². The predicted molar refractivity (Wildman–Crippen MR) is 89.3 cm³/mol. The molecular formula is C15H23B2N3O5. The highest BCUT2D eigenvalue weighted by Crippen LogP contribution is 2.24. The summed E-state index contributed by atoms with van der Waals surface area (Å²) >= 11 is 0. The molecule has 0 aliphatic carbocycles. The van der Waals surface area contributed by atoms with E-state index >= 15 is 0 Å². The molecule has 2 unspecified atom stereocenters. The molecule has 4 radical (unpaired) electrons. The van der Waals surface area contributed by atoms with E-state index in [0.717, 1.165) is 5.69 Å². The summed E-state index contributed by atoms with van der Waals surface area (Å²) in [6.45, 7) is 0.714. The third-order valence-corrected chi connectivity index (χ3v) is 4.51. The SMILES string of the molecule is [B][C@H]1CC(OC)[C@@H](Cc2cn(COC3C[C@H]([B])O[C@@H]3COC)nn2)O1. The monoisotopic (exact) mass is 347 g/mol. The van der Waals surface area contributed by atoms with Crippen LogP contribution in [-0.2, 0) is 36.8 Å². The van der Waals surface area contributed by atoms with Crippen molar-refractivity contribution in [3.63, 3.8) is 0 Å². The molecule has 1 aromatic heterocycles. The van der Waals surface area contributed by atoms with Gasteiger partial charge in [-0.15, -0.1) is 5.10 Å². The number of ether oxygens (including phenoxy) is 5. The molecule has 0 N–H and O–H groups in total. The normalized spacial score (nSPS) is 35.4. The second-order valence-electron chi connectivity index (χ2n) is 6.41. The summed E-state index contributed by atoms with van der Waals surface area (Å²) in [7, 11) is 14.9. The molecule has 8 nitrogen and oxygen atoms in total. The van der Waals surface area contributed by atoms with E-state index in [4.69, 9.17) is 39.4 Å². The molecule has 1 aromatic rings. The van der Waals surface area contributed by atoms with Gasteiger partial charge in [0.25, 0.3) is 0 Å². The van der Waals surface area contributed by atoms with Crippen molar-refractivity contribution in [2.75, 3.05) is 20.8 Å². The van der Waals surface area contributed by atoms with Crippen LogP contribution in [-0.4, -0.2) is 87.9 Å². The average molecular weight is 347 g/mol. The van der Waals surface area contributed by atoms with Crippen molar-refractivity contribution in [3.05, 3.63) is 11.9 Å². The minimum absolute atomic E-state index is 0.0247. The van der Waals surface area contributed by atoms with E-state index in [1.165, 1.54) is 0 Å². The van der Waals surface area contributed by atoms with Crippen molar-refractivity contribution in [2.24, 2.45) is 0 Å². The van der Waals surface area contributed by atoms with Gasteiger partial charge < -0.3 is 23.7 Å². The number of methoxy groups -OCH3 is 2. The number of hydrogen-bond acceptors (Lipinski definition) is 7. The maximum atomic E-state index is 5.87. The van der Waals surface area contributed by atoms with Crippen molar-refractivity contribution in [1.29, 1.82) is 0 Å². The van der Waals surface area contributed by atoms with Crippen LogP contribution in [0.15, 0.2) is 6.20 Å². The Balaban J connectivity index is 1.50. The van der Waals surface area contributed by atoms with Gasteiger partial charge in [-0.05, 0) is 12.8 Å². The molecule has 2 saturated heterocycles. The van der Waals surface area contributed by atoms with Crippen LogP contribution in [0.4, 0.5) is 0 Å². The molecule has 0 amide bonds. The van der Waals surface area contributed by atoms with Gasteiger partial charge in [-0.2, -0.15) is 0 Å². The van der Waals surface area contributed by atoms with Gasteiger partial charge >= 0.3 is 0 Å². The van der Waals surface area contributed by atoms with Crippen molar-refractivity contribution < 1.29 is 23.7 Å². The minimum Gasteiger partial charge on any atom is -0.382 e. The quantitative estimate of drug-likeness (QED) is 0.581. The molecule has 6 atom stereocenters. The van der Waals surface area contributed by atoms with Gasteiger partial charge in [0.2, 0.25) is 0 Å². The van der Waals surface area contributed by atoms with Crippen LogP contribution in [0.3, 0.4) is 0 Å². The minimum atomic E-state index is -0.328. The first-order valence-corrected chi connectivity index (χ1v) is 8.43. The van der Waals surface area contributed by atoms with Crippen molar-refractivity contribution >= 4 is 15.7 Å². The van der Waals surface area contributed by atoms with Crippen LogP contribution >= 0.6 is 0 Å². The van der Waals surface area contributed by atoms with Crippen LogP contribution in [0.1, 0.15) is 18.5 Å². The molecule has 2 aliphatic rings. The zero-order valence-electron chi connectivity index (χ0n) is 14.6. The third-order valence-electron chi connectivity index (χ3n) is 4.51. The van der Waals surface area contributed by atoms with E-state index in [9.17, 15) is 0 Å². The van der Waals surface area contributed by atoms with Gasteiger partial charge in [-0.25, -0.2) is 4.68 Å². The Bertz CT molecular complexity index is 549. The van der Waals surface area contributed by atoms with Crippen molar-refractivity contribution in [3.8, 4) is 0 Å². The maximum Gasteiger partial charge on any atom is 0.141 e. The molecular weight excluding hydrogens is 324 g/mol. The Hall–Kier alpha value is -0.930. The lowest BCUT2D eigenvalue weighted by molar-refractivity contribution is -0.0679. The van der Waals surface area contributed by atoms with E-state index in [0.29, 0.717) is 25.9 Å². The van der Waals surface area contributed by atoms with Crippen LogP contribution in [0.25, 0.3) is 0 Å². The molecule has 0 aromatic carbocycles. The van der Waals surface area contributed by atoms with E-state index in [-0.39, 0.29) is 43.2 Å². The fourth-order valence-corrected chi connectivity index (χ4v) is 3.28. The summed E-state index contributed by atoms with van der Waals surface area (Å²) < 4.78 is 29.3. The van der Waals surface area contributed by atoms with Crippen LogP contribution in [0, 0.1) is 0 Å². The van der Waals surface area contributed by atoms with Gasteiger partial charge in [0.1, 0.15) is 28.5 Å². The molecule has 0 saturated carbocycles. The van der Waals surface area contributed by atoms with Crippen molar-refractivity contribution in [1.82, 2.24) is 15.0 Å². The fourth-order valence-electron chi connectivity index (χ4n) is 3.28. The Morgan fingerprint density at radius 3 is 2.60 bits per heavy atom. The zero-order valence-corrected chi connectivity index (χ0v) is 14.6. The molecule has 134 valence electrons. The highest BCUT2D eigenvalue weighted by atomic mass is 16.6. The third kappa shape index (κ3) is 4.83. The summed E-state index contributed by atoms with van der Waals surface area (Å²) in [5.74, 6) is 0. The van der Waals surface area contributed by atoms with E-state index in [2.05, 4.69) is 10.3 Å². The van der Waals surface area contributed by atoms with E-state index in [1.54, 1.807) is 18.9 Å². The predicted octanol–water partition coefficient (Wildman–Crippen LogP) is -0.608. The smallest absolute Gasteiger partial charge is 0.141 e. The second-order valence-corrected chi connectivity index (χ2v) is 6.41. The standard InChI is InChI=1S/C15H23B2N3O5/c1-21-7-13-11(5-15(17)25-13)23-8-20-6-9(18-19-20)3-12-10(22-2)4-14(16)24-12/h6,10-15H,3-5,7-8H2,1-2H3/t10?,11?,12-,13-,14-,15-/m1/s1. The Morgan fingerprint density at radius 2 is 1.88 bits per heavy atom. The lowest BCUT2D eigenvalue weighted by Gasteiger charge is -2.18. The topological polar surface area (TPSA) is 76.9 Å². The number of nitrogens with zero attached hydrogens (tertiary/aromatic N) is 3. The van der Waals surface area contributed by atoms with E-state index in [1.807, 2.05) is 6.20 Å². The summed E-state index contributed by atoms with van der Waals surface area (Å²) in [4.78, 5) is 0. The Kier molecular flexibility index (Phi) is 6.51. The number of aromatic nitrogens is 3. The largest absolute Gasteiger partial charge is 0.382 e. The number of hydrogen-bond donors (Lipinski definition) is 0. The first-order valence-electron chi connectivity index (χ1n) is 8.43. The van der Waals surface area contributed by atoms with Gasteiger partial charge in [-0.3, -0.25) is 0 Å². The molecule has 2 fully saturated rings. The second kappa shape index (κ2) is 8.64. The fraction of sp³-hybridized carbons (Fsp3) is 0.867. The zero-order chi connectivity index (χ0) is 17.8. The first kappa shape index (κ1) is 18.8.